The summed E-state index contributed by atoms with van der Waals surface area (Å²) in [7, 11) is 0. The van der Waals surface area contributed by atoms with Crippen molar-refractivity contribution in [1.29, 1.82) is 0 Å². The molecule has 3 aromatic carbocycles. The van der Waals surface area contributed by atoms with Gasteiger partial charge in [-0.2, -0.15) is 0 Å². The Hall–Kier alpha value is -6.37. The van der Waals surface area contributed by atoms with Gasteiger partial charge in [0.05, 0.1) is 32.5 Å². The van der Waals surface area contributed by atoms with Crippen LogP contribution in [0.25, 0.3) is 0 Å². The van der Waals surface area contributed by atoms with Gasteiger partial charge in [0.15, 0.2) is 43.1 Å². The van der Waals surface area contributed by atoms with E-state index >= 15 is 0 Å². The molecular weight excluding hydrogens is 1000 g/mol. The van der Waals surface area contributed by atoms with Crippen molar-refractivity contribution in [2.75, 3.05) is 19.8 Å². The van der Waals surface area contributed by atoms with Gasteiger partial charge in [-0.1, -0.05) is 91.0 Å². The lowest BCUT2D eigenvalue weighted by atomic mass is 9.93. The van der Waals surface area contributed by atoms with Gasteiger partial charge in [-0.15, -0.1) is 0 Å². The topological polar surface area (TPSA) is 258 Å². The minimum atomic E-state index is -1.89. The quantitative estimate of drug-likeness (QED) is 0.0954. The van der Waals surface area contributed by atoms with Gasteiger partial charge in [-0.05, 0) is 23.6 Å². The average molecular weight is 1070 g/mol. The van der Waals surface area contributed by atoms with Crippen molar-refractivity contribution in [3.05, 3.63) is 108 Å². The summed E-state index contributed by atoms with van der Waals surface area (Å²) < 4.78 is 92.3. The van der Waals surface area contributed by atoms with E-state index in [1.807, 2.05) is 97.9 Å². The van der Waals surface area contributed by atoms with Gasteiger partial charge < -0.3 is 71.1 Å². The van der Waals surface area contributed by atoms with Crippen molar-refractivity contribution in [1.82, 2.24) is 0 Å². The first-order valence-corrected chi connectivity index (χ1v) is 24.7. The summed E-state index contributed by atoms with van der Waals surface area (Å²) in [4.78, 5) is 89.3. The molecule has 0 aromatic heterocycles. The number of hydrogen-bond donors (Lipinski definition) is 0. The van der Waals surface area contributed by atoms with Crippen LogP contribution in [0.15, 0.2) is 91.0 Å². The summed E-state index contributed by atoms with van der Waals surface area (Å²) in [5.74, 6) is -6.12. The summed E-state index contributed by atoms with van der Waals surface area (Å²) in [6.07, 6.45) is -21.5. The van der Waals surface area contributed by atoms with E-state index in [4.69, 9.17) is 71.1 Å². The molecule has 0 amide bonds. The van der Waals surface area contributed by atoms with Gasteiger partial charge in [0.25, 0.3) is 0 Å². The molecule has 0 bridgehead atoms. The lowest BCUT2D eigenvalue weighted by Crippen LogP contribution is -2.68. The molecule has 0 radical (unpaired) electrons. The maximum absolute atomic E-state index is 13.3. The van der Waals surface area contributed by atoms with Crippen LogP contribution >= 0.6 is 0 Å². The van der Waals surface area contributed by atoms with E-state index in [1.54, 1.807) is 0 Å². The zero-order valence-electron chi connectivity index (χ0n) is 43.5. The third-order valence-corrected chi connectivity index (χ3v) is 12.0. The van der Waals surface area contributed by atoms with Gasteiger partial charge >= 0.3 is 41.8 Å². The van der Waals surface area contributed by atoms with Crippen molar-refractivity contribution in [3.8, 4) is 0 Å². The molecule has 0 N–H and O–H groups in total. The monoisotopic (exact) mass is 1070 g/mol. The van der Waals surface area contributed by atoms with Crippen molar-refractivity contribution >= 4 is 41.8 Å². The Labute approximate surface area is 439 Å². The van der Waals surface area contributed by atoms with Crippen molar-refractivity contribution in [2.45, 2.75) is 167 Å². The van der Waals surface area contributed by atoms with Crippen LogP contribution in [-0.4, -0.2) is 154 Å². The summed E-state index contributed by atoms with van der Waals surface area (Å²) in [6, 6.07) is 28.2. The van der Waals surface area contributed by atoms with Gasteiger partial charge in [0.1, 0.15) is 55.9 Å². The third kappa shape index (κ3) is 17.3. The van der Waals surface area contributed by atoms with Crippen LogP contribution in [0.2, 0.25) is 0 Å². The Balaban J connectivity index is 1.45. The van der Waals surface area contributed by atoms with Crippen LogP contribution in [0, 0.1) is 0 Å². The summed E-state index contributed by atoms with van der Waals surface area (Å²) in [6.45, 7) is 8.40. The number of carbonyl (C=O) groups excluding carboxylic acids is 7. The third-order valence-electron chi connectivity index (χ3n) is 12.0. The molecular formula is C54H66O22. The Kier molecular flexibility index (Phi) is 22.2. The number of esters is 7. The van der Waals surface area contributed by atoms with Crippen LogP contribution in [0.1, 0.15) is 72.1 Å². The fraction of sp³-hybridized carbons (Fsp3) is 0.537. The molecule has 6 unspecified atom stereocenters. The lowest BCUT2D eigenvalue weighted by Gasteiger charge is -2.50. The molecule has 3 aromatic rings. The number of carbonyl (C=O) groups is 7. The van der Waals surface area contributed by atoms with Crippen LogP contribution in [0.4, 0.5) is 0 Å². The van der Waals surface area contributed by atoms with Crippen LogP contribution in [0.5, 0.6) is 0 Å². The molecule has 3 saturated heterocycles. The van der Waals surface area contributed by atoms with E-state index in [0.29, 0.717) is 0 Å². The maximum atomic E-state index is 13.3. The van der Waals surface area contributed by atoms with E-state index in [2.05, 4.69) is 0 Å². The molecule has 76 heavy (non-hydrogen) atoms. The standard InChI is InChI=1S/C54H66O22/c1-30-44(65-25-39-20-14-10-15-21-39)48(66-26-40-22-16-11-17-23-40)45(41(67-30)27-62-24-38-18-12-9-13-19-38)75-53-52(72-37(8)61)50(70-35(6)59)47(43(74-53)29-64-32(3)56)76-54-51(71-36(7)60)49(69-34(5)58)46(68-33(4)57)42(73-54)28-63-31(2)55/h9-23,30,41-54H,24-29H2,1-8H3/t30-,41?,42?,43?,44?,45+,46+,47+,48-,49+,50+,51?,52?,53-,54-/m0/s1. The Bertz CT molecular complexity index is 2370. The van der Waals surface area contributed by atoms with Crippen LogP contribution in [-0.2, 0) is 124 Å². The number of rotatable bonds is 23. The molecule has 0 saturated carbocycles. The molecule has 3 aliphatic rings. The first-order valence-electron chi connectivity index (χ1n) is 24.7. The van der Waals surface area contributed by atoms with E-state index in [1.165, 1.54) is 0 Å². The molecule has 15 atom stereocenters. The average Bonchev–Trinajstić information content (AvgIpc) is 3.37. The predicted octanol–water partition coefficient (Wildman–Crippen LogP) is 4.17. The second-order valence-electron chi connectivity index (χ2n) is 18.2. The fourth-order valence-corrected chi connectivity index (χ4v) is 8.95. The minimum absolute atomic E-state index is 0.0663. The van der Waals surface area contributed by atoms with Crippen molar-refractivity contribution in [3.63, 3.8) is 0 Å². The highest BCUT2D eigenvalue weighted by Gasteiger charge is 2.59. The zero-order valence-corrected chi connectivity index (χ0v) is 43.5. The summed E-state index contributed by atoms with van der Waals surface area (Å²) in [5, 5.41) is 0. The zero-order chi connectivity index (χ0) is 54.9. The van der Waals surface area contributed by atoms with Gasteiger partial charge in [-0.25, -0.2) is 0 Å². The van der Waals surface area contributed by atoms with E-state index < -0.39 is 147 Å². The first kappa shape index (κ1) is 58.9. The largest absolute Gasteiger partial charge is 0.463 e. The highest BCUT2D eigenvalue weighted by molar-refractivity contribution is 5.69. The maximum Gasteiger partial charge on any atom is 0.303 e. The van der Waals surface area contributed by atoms with E-state index in [9.17, 15) is 33.6 Å². The molecule has 0 spiro atoms. The lowest BCUT2D eigenvalue weighted by molar-refractivity contribution is -0.375. The SMILES string of the molecule is CC(=O)OCC1O[C@@H](O[C@@H]2C(COC(C)=O)O[C@@H](O[C@@H]3C(COCc4ccccc4)O[C@@H](C)C(OCc4ccccc4)[C@@H]3OCc3ccccc3)C(OC(C)=O)[C@@H]2OC(C)=O)C(OC(C)=O)[C@H](OC(C)=O)[C@@H]1OC(C)=O. The molecule has 22 heteroatoms. The van der Waals surface area contributed by atoms with Crippen LogP contribution < -0.4 is 0 Å². The van der Waals surface area contributed by atoms with Crippen LogP contribution in [0.3, 0.4) is 0 Å². The number of hydrogen-bond acceptors (Lipinski definition) is 22. The van der Waals surface area contributed by atoms with Gasteiger partial charge in [-0.3, -0.25) is 33.6 Å². The van der Waals surface area contributed by atoms with Crippen molar-refractivity contribution in [2.24, 2.45) is 0 Å². The summed E-state index contributed by atoms with van der Waals surface area (Å²) in [5.41, 5.74) is 2.54. The predicted molar refractivity (Wildman–Crippen MR) is 259 cm³/mol. The molecule has 414 valence electrons. The highest BCUT2D eigenvalue weighted by atomic mass is 16.8. The Morgan fingerprint density at radius 2 is 0.711 bits per heavy atom. The van der Waals surface area contributed by atoms with E-state index in [-0.39, 0.29) is 26.4 Å². The molecule has 3 fully saturated rings. The normalized spacial score (nSPS) is 29.2. The summed E-state index contributed by atoms with van der Waals surface area (Å²) >= 11 is 0. The second-order valence-corrected chi connectivity index (χ2v) is 18.2. The second kappa shape index (κ2) is 28.7. The Morgan fingerprint density at radius 3 is 1.13 bits per heavy atom. The molecule has 6 rings (SSSR count). The van der Waals surface area contributed by atoms with Crippen molar-refractivity contribution < 1.29 is 105 Å². The number of benzene rings is 3. The fourth-order valence-electron chi connectivity index (χ4n) is 8.95. The highest BCUT2D eigenvalue weighted by Crippen LogP contribution is 2.38. The first-order chi connectivity index (χ1) is 36.4. The van der Waals surface area contributed by atoms with E-state index in [0.717, 1.165) is 65.2 Å². The van der Waals surface area contributed by atoms with Gasteiger partial charge in [0, 0.05) is 48.5 Å². The molecule has 3 aliphatic heterocycles. The molecule has 22 nitrogen and oxygen atoms in total. The number of ether oxygens (including phenoxy) is 15. The minimum Gasteiger partial charge on any atom is -0.463 e. The Morgan fingerprint density at radius 1 is 0.368 bits per heavy atom. The molecule has 0 aliphatic carbocycles. The smallest absolute Gasteiger partial charge is 0.303 e. The van der Waals surface area contributed by atoms with Gasteiger partial charge in [0.2, 0.25) is 0 Å². The molecule has 3 heterocycles.